The molecule has 33 heavy (non-hydrogen) atoms. The maximum Gasteiger partial charge on any atom is 0.328 e. The predicted molar refractivity (Wildman–Crippen MR) is 126 cm³/mol. The van der Waals surface area contributed by atoms with E-state index in [0.717, 1.165) is 58.0 Å². The lowest BCUT2D eigenvalue weighted by atomic mass is 9.89. The third kappa shape index (κ3) is 6.57. The standard InChI is InChI=1S/C21H26N2O2.C4H4O4/c1-24-13-11-23-12-14-25-19-15-17-7-9-22-10-8-18(17)20(21(19)23)16-5-3-2-4-6-16;5-3(6)1-2-4(7)8/h2-6,15,22H,7-14H2,1H3;1-2H,(H,5,6)(H,7,8)/b;2-1+. The highest BCUT2D eigenvalue weighted by Gasteiger charge is 2.27. The minimum Gasteiger partial charge on any atom is -0.490 e. The van der Waals surface area contributed by atoms with Crippen molar-refractivity contribution in [3.05, 3.63) is 59.7 Å². The Balaban J connectivity index is 0.000000331. The molecule has 0 aromatic heterocycles. The summed E-state index contributed by atoms with van der Waals surface area (Å²) in [6.07, 6.45) is 3.24. The van der Waals surface area contributed by atoms with Gasteiger partial charge in [-0.3, -0.25) is 0 Å². The maximum atomic E-state index is 9.55. The van der Waals surface area contributed by atoms with Crippen LogP contribution in [0.25, 0.3) is 11.1 Å². The summed E-state index contributed by atoms with van der Waals surface area (Å²) in [6, 6.07) is 13.1. The van der Waals surface area contributed by atoms with Crippen LogP contribution in [0.2, 0.25) is 0 Å². The van der Waals surface area contributed by atoms with Crippen LogP contribution in [0.4, 0.5) is 5.69 Å². The Bertz CT molecular complexity index is 974. The number of hydrogen-bond donors (Lipinski definition) is 3. The lowest BCUT2D eigenvalue weighted by Gasteiger charge is -2.35. The fourth-order valence-electron chi connectivity index (χ4n) is 4.10. The fraction of sp³-hybridized carbons (Fsp3) is 0.360. The quantitative estimate of drug-likeness (QED) is 0.572. The minimum absolute atomic E-state index is 0.558. The van der Waals surface area contributed by atoms with Gasteiger partial charge in [0.05, 0.1) is 18.8 Å². The zero-order chi connectivity index (χ0) is 23.6. The van der Waals surface area contributed by atoms with Gasteiger partial charge in [0.2, 0.25) is 0 Å². The Morgan fingerprint density at radius 2 is 1.82 bits per heavy atom. The second kappa shape index (κ2) is 12.0. The molecule has 0 unspecified atom stereocenters. The van der Waals surface area contributed by atoms with E-state index in [-0.39, 0.29) is 0 Å². The lowest BCUT2D eigenvalue weighted by Crippen LogP contribution is -2.36. The first-order valence-electron chi connectivity index (χ1n) is 11.0. The van der Waals surface area contributed by atoms with Gasteiger partial charge in [-0.05, 0) is 48.7 Å². The minimum atomic E-state index is -1.26. The van der Waals surface area contributed by atoms with Crippen LogP contribution in [0.15, 0.2) is 48.6 Å². The molecule has 2 aromatic carbocycles. The molecule has 0 aliphatic carbocycles. The van der Waals surface area contributed by atoms with Crippen LogP contribution in [0.1, 0.15) is 11.1 Å². The van der Waals surface area contributed by atoms with Crippen molar-refractivity contribution in [2.45, 2.75) is 12.8 Å². The molecule has 0 bridgehead atoms. The summed E-state index contributed by atoms with van der Waals surface area (Å²) < 4.78 is 11.4. The van der Waals surface area contributed by atoms with Gasteiger partial charge in [-0.2, -0.15) is 0 Å². The third-order valence-electron chi connectivity index (χ3n) is 5.52. The number of nitrogens with one attached hydrogen (secondary N) is 1. The van der Waals surface area contributed by atoms with Crippen molar-refractivity contribution < 1.29 is 29.3 Å². The molecule has 0 saturated heterocycles. The molecule has 0 fully saturated rings. The number of carboxylic acid groups (broad SMARTS) is 2. The second-order valence-corrected chi connectivity index (χ2v) is 7.69. The van der Waals surface area contributed by atoms with E-state index < -0.39 is 11.9 Å². The first-order valence-corrected chi connectivity index (χ1v) is 11.0. The molecule has 0 radical (unpaired) electrons. The van der Waals surface area contributed by atoms with E-state index in [9.17, 15) is 9.59 Å². The van der Waals surface area contributed by atoms with Crippen LogP contribution in [0.3, 0.4) is 0 Å². The number of fused-ring (bicyclic) bond motifs is 2. The SMILES string of the molecule is COCCN1CCOc2cc3c(c(-c4ccccc4)c21)CCNCC3.O=C(O)/C=C/C(=O)O. The van der Waals surface area contributed by atoms with Gasteiger partial charge in [0.25, 0.3) is 0 Å². The van der Waals surface area contributed by atoms with Gasteiger partial charge >= 0.3 is 11.9 Å². The normalized spacial score (nSPS) is 14.9. The number of rotatable bonds is 6. The first-order chi connectivity index (χ1) is 16.0. The first kappa shape index (κ1) is 24.3. The summed E-state index contributed by atoms with van der Waals surface area (Å²) in [6.45, 7) is 5.34. The molecule has 8 heteroatoms. The van der Waals surface area contributed by atoms with Gasteiger partial charge in [-0.1, -0.05) is 30.3 Å². The van der Waals surface area contributed by atoms with E-state index in [0.29, 0.717) is 12.2 Å². The van der Waals surface area contributed by atoms with Gasteiger partial charge in [-0.15, -0.1) is 0 Å². The number of methoxy groups -OCH3 is 1. The molecule has 2 aliphatic heterocycles. The fourth-order valence-corrected chi connectivity index (χ4v) is 4.10. The van der Waals surface area contributed by atoms with E-state index >= 15 is 0 Å². The average Bonchev–Trinajstić information content (AvgIpc) is 3.06. The predicted octanol–water partition coefficient (Wildman–Crippen LogP) is 2.60. The molecule has 176 valence electrons. The molecule has 2 aromatic rings. The highest BCUT2D eigenvalue weighted by molar-refractivity contribution is 5.89. The number of aliphatic carboxylic acids is 2. The highest BCUT2D eigenvalue weighted by Crippen LogP contribution is 2.45. The van der Waals surface area contributed by atoms with Gasteiger partial charge < -0.3 is 29.9 Å². The van der Waals surface area contributed by atoms with Crippen LogP contribution in [-0.4, -0.2) is 68.7 Å². The lowest BCUT2D eigenvalue weighted by molar-refractivity contribution is -0.134. The molecular formula is C25H30N2O6. The molecule has 2 heterocycles. The zero-order valence-electron chi connectivity index (χ0n) is 18.8. The second-order valence-electron chi connectivity index (χ2n) is 7.69. The Morgan fingerprint density at radius 3 is 2.48 bits per heavy atom. The topological polar surface area (TPSA) is 108 Å². The van der Waals surface area contributed by atoms with Gasteiger partial charge in [0.1, 0.15) is 12.4 Å². The Kier molecular flexibility index (Phi) is 8.86. The highest BCUT2D eigenvalue weighted by atomic mass is 16.5. The third-order valence-corrected chi connectivity index (χ3v) is 5.52. The van der Waals surface area contributed by atoms with Crippen molar-refractivity contribution in [3.8, 4) is 16.9 Å². The summed E-state index contributed by atoms with van der Waals surface area (Å²) in [4.78, 5) is 21.5. The van der Waals surface area contributed by atoms with E-state index in [1.165, 1.54) is 27.9 Å². The molecule has 0 atom stereocenters. The largest absolute Gasteiger partial charge is 0.490 e. The van der Waals surface area contributed by atoms with Gasteiger partial charge in [0.15, 0.2) is 0 Å². The van der Waals surface area contributed by atoms with Crippen molar-refractivity contribution in [1.82, 2.24) is 5.32 Å². The smallest absolute Gasteiger partial charge is 0.328 e. The average molecular weight is 455 g/mol. The number of hydrogen-bond acceptors (Lipinski definition) is 6. The molecule has 2 aliphatic rings. The van der Waals surface area contributed by atoms with Crippen molar-refractivity contribution in [2.75, 3.05) is 51.4 Å². The van der Waals surface area contributed by atoms with E-state index in [4.69, 9.17) is 19.7 Å². The number of ether oxygens (including phenoxy) is 2. The zero-order valence-corrected chi connectivity index (χ0v) is 18.8. The number of nitrogens with zero attached hydrogens (tertiary/aromatic N) is 1. The van der Waals surface area contributed by atoms with Crippen molar-refractivity contribution in [3.63, 3.8) is 0 Å². The number of carboxylic acids is 2. The molecule has 0 amide bonds. The molecule has 0 spiro atoms. The summed E-state index contributed by atoms with van der Waals surface area (Å²) in [5.41, 5.74) is 6.78. The molecule has 4 rings (SSSR count). The number of anilines is 1. The Morgan fingerprint density at radius 1 is 1.12 bits per heavy atom. The summed E-state index contributed by atoms with van der Waals surface area (Å²) >= 11 is 0. The van der Waals surface area contributed by atoms with Crippen molar-refractivity contribution in [2.24, 2.45) is 0 Å². The summed E-state index contributed by atoms with van der Waals surface area (Å²) in [7, 11) is 1.77. The molecule has 3 N–H and O–H groups in total. The van der Waals surface area contributed by atoms with E-state index in [1.54, 1.807) is 7.11 Å². The van der Waals surface area contributed by atoms with Crippen LogP contribution < -0.4 is 15.0 Å². The number of benzene rings is 2. The molecule has 8 nitrogen and oxygen atoms in total. The number of carbonyl (C=O) groups is 2. The van der Waals surface area contributed by atoms with Crippen LogP contribution in [0, 0.1) is 0 Å². The van der Waals surface area contributed by atoms with Gasteiger partial charge in [0, 0.05) is 31.4 Å². The molecular weight excluding hydrogens is 424 g/mol. The Labute approximate surface area is 193 Å². The van der Waals surface area contributed by atoms with E-state index in [1.807, 2.05) is 0 Å². The van der Waals surface area contributed by atoms with Gasteiger partial charge in [-0.25, -0.2) is 9.59 Å². The summed E-state index contributed by atoms with van der Waals surface area (Å²) in [5.74, 6) is -1.48. The van der Waals surface area contributed by atoms with Crippen molar-refractivity contribution >= 4 is 17.6 Å². The van der Waals surface area contributed by atoms with E-state index in [2.05, 4.69) is 46.6 Å². The van der Waals surface area contributed by atoms with Crippen LogP contribution in [0.5, 0.6) is 5.75 Å². The van der Waals surface area contributed by atoms with Crippen LogP contribution in [-0.2, 0) is 27.2 Å². The monoisotopic (exact) mass is 454 g/mol. The Hall–Kier alpha value is -3.36. The van der Waals surface area contributed by atoms with Crippen LogP contribution >= 0.6 is 0 Å². The molecule has 0 saturated carbocycles. The van der Waals surface area contributed by atoms with Crippen molar-refractivity contribution in [1.29, 1.82) is 0 Å². The summed E-state index contributed by atoms with van der Waals surface area (Å²) in [5, 5.41) is 19.2. The maximum absolute atomic E-state index is 9.55.